The lowest BCUT2D eigenvalue weighted by Gasteiger charge is -2.30. The Hall–Kier alpha value is -2.21. The maximum atomic E-state index is 13.1. The van der Waals surface area contributed by atoms with Gasteiger partial charge in [0, 0.05) is 12.2 Å². The summed E-state index contributed by atoms with van der Waals surface area (Å²) in [5.41, 5.74) is 0.443. The largest absolute Gasteiger partial charge is 0.493 e. The first-order chi connectivity index (χ1) is 11.8. The quantitative estimate of drug-likeness (QED) is 0.765. The van der Waals surface area contributed by atoms with Gasteiger partial charge in [0.05, 0.1) is 22.8 Å². The van der Waals surface area contributed by atoms with Gasteiger partial charge >= 0.3 is 6.18 Å². The van der Waals surface area contributed by atoms with Crippen LogP contribution in [0.1, 0.15) is 28.4 Å². The van der Waals surface area contributed by atoms with E-state index in [1.165, 1.54) is 11.0 Å². The van der Waals surface area contributed by atoms with Crippen molar-refractivity contribution in [3.8, 4) is 5.75 Å². The monoisotopic (exact) mass is 369 g/mol. The molecule has 0 aromatic heterocycles. The van der Waals surface area contributed by atoms with Gasteiger partial charge in [-0.15, -0.1) is 0 Å². The molecule has 3 nitrogen and oxygen atoms in total. The SMILES string of the molecule is CCOc1cccc2c1C(=O)N(c1ccc(Cl)c(C(F)(F)F)c1)CC2. The van der Waals surface area contributed by atoms with Crippen LogP contribution in [0.3, 0.4) is 0 Å². The summed E-state index contributed by atoms with van der Waals surface area (Å²) in [4.78, 5) is 14.2. The van der Waals surface area contributed by atoms with Crippen LogP contribution in [-0.2, 0) is 12.6 Å². The van der Waals surface area contributed by atoms with E-state index in [2.05, 4.69) is 0 Å². The van der Waals surface area contributed by atoms with Gasteiger partial charge in [0.25, 0.3) is 5.91 Å². The number of alkyl halides is 3. The fraction of sp³-hybridized carbons (Fsp3) is 0.278. The minimum absolute atomic E-state index is 0.165. The first-order valence-corrected chi connectivity index (χ1v) is 8.14. The fourth-order valence-corrected chi connectivity index (χ4v) is 3.14. The van der Waals surface area contributed by atoms with Crippen LogP contribution in [-0.4, -0.2) is 19.1 Å². The first kappa shape index (κ1) is 17.6. The summed E-state index contributed by atoms with van der Waals surface area (Å²) in [6.45, 7) is 2.49. The van der Waals surface area contributed by atoms with E-state index in [1.807, 2.05) is 6.07 Å². The van der Waals surface area contributed by atoms with Gasteiger partial charge in [0.1, 0.15) is 5.75 Å². The number of rotatable bonds is 3. The Morgan fingerprint density at radius 3 is 2.68 bits per heavy atom. The molecule has 1 aliphatic rings. The van der Waals surface area contributed by atoms with E-state index in [0.717, 1.165) is 17.7 Å². The van der Waals surface area contributed by atoms with Crippen molar-refractivity contribution in [1.82, 2.24) is 0 Å². The number of amides is 1. The Morgan fingerprint density at radius 1 is 1.24 bits per heavy atom. The minimum atomic E-state index is -4.58. The lowest BCUT2D eigenvalue weighted by molar-refractivity contribution is -0.137. The molecule has 0 aliphatic carbocycles. The molecule has 0 N–H and O–H groups in total. The molecule has 0 saturated heterocycles. The van der Waals surface area contributed by atoms with Crippen LogP contribution in [0.25, 0.3) is 0 Å². The molecule has 1 amide bonds. The molecule has 132 valence electrons. The molecule has 25 heavy (non-hydrogen) atoms. The summed E-state index contributed by atoms with van der Waals surface area (Å²) < 4.78 is 44.8. The molecule has 7 heteroatoms. The number of hydrogen-bond acceptors (Lipinski definition) is 2. The number of halogens is 4. The van der Waals surface area contributed by atoms with E-state index >= 15 is 0 Å². The highest BCUT2D eigenvalue weighted by atomic mass is 35.5. The topological polar surface area (TPSA) is 29.5 Å². The van der Waals surface area contributed by atoms with Crippen LogP contribution in [0.4, 0.5) is 18.9 Å². The summed E-state index contributed by atoms with van der Waals surface area (Å²) in [5.74, 6) is 0.0699. The van der Waals surface area contributed by atoms with Crippen molar-refractivity contribution < 1.29 is 22.7 Å². The Labute approximate surface area is 148 Å². The molecule has 0 bridgehead atoms. The number of carbonyl (C=O) groups excluding carboxylic acids is 1. The van der Waals surface area contributed by atoms with Crippen molar-refractivity contribution >= 4 is 23.2 Å². The number of fused-ring (bicyclic) bond motifs is 1. The molecule has 0 radical (unpaired) electrons. The third kappa shape index (κ3) is 3.31. The Kier molecular flexibility index (Phi) is 4.64. The van der Waals surface area contributed by atoms with Gasteiger partial charge in [0.2, 0.25) is 0 Å². The van der Waals surface area contributed by atoms with Crippen LogP contribution in [0.2, 0.25) is 5.02 Å². The molecule has 0 spiro atoms. The van der Waals surface area contributed by atoms with Crippen LogP contribution in [0, 0.1) is 0 Å². The minimum Gasteiger partial charge on any atom is -0.493 e. The number of anilines is 1. The van der Waals surface area contributed by atoms with Gasteiger partial charge in [-0.1, -0.05) is 23.7 Å². The molecule has 2 aromatic carbocycles. The highest BCUT2D eigenvalue weighted by molar-refractivity contribution is 6.31. The maximum absolute atomic E-state index is 13.1. The zero-order valence-electron chi connectivity index (χ0n) is 13.4. The predicted octanol–water partition coefficient (Wildman–Crippen LogP) is 4.96. The fourth-order valence-electron chi connectivity index (χ4n) is 2.92. The van der Waals surface area contributed by atoms with Gasteiger partial charge < -0.3 is 9.64 Å². The van der Waals surface area contributed by atoms with Gasteiger partial charge in [-0.3, -0.25) is 4.79 Å². The van der Waals surface area contributed by atoms with Gasteiger partial charge in [0.15, 0.2) is 0 Å². The molecule has 0 atom stereocenters. The summed E-state index contributed by atoms with van der Waals surface area (Å²) in [6.07, 6.45) is -4.05. The number of carbonyl (C=O) groups is 1. The van der Waals surface area contributed by atoms with Gasteiger partial charge in [-0.25, -0.2) is 0 Å². The second kappa shape index (κ2) is 6.59. The second-order valence-corrected chi connectivity index (χ2v) is 6.00. The number of benzene rings is 2. The third-order valence-electron chi connectivity index (χ3n) is 4.04. The third-order valence-corrected chi connectivity index (χ3v) is 4.37. The normalized spacial score (nSPS) is 14.4. The predicted molar refractivity (Wildman–Crippen MR) is 89.4 cm³/mol. The molecule has 0 unspecified atom stereocenters. The van der Waals surface area contributed by atoms with E-state index in [0.29, 0.717) is 30.9 Å². The number of ether oxygens (including phenoxy) is 1. The van der Waals surface area contributed by atoms with E-state index < -0.39 is 16.8 Å². The maximum Gasteiger partial charge on any atom is 0.417 e. The van der Waals surface area contributed by atoms with Crippen LogP contribution in [0.5, 0.6) is 5.75 Å². The molecule has 0 saturated carbocycles. The average Bonchev–Trinajstić information content (AvgIpc) is 2.55. The Morgan fingerprint density at radius 2 is 2.00 bits per heavy atom. The Bertz CT molecular complexity index is 820. The summed E-state index contributed by atoms with van der Waals surface area (Å²) in [7, 11) is 0. The second-order valence-electron chi connectivity index (χ2n) is 5.59. The van der Waals surface area contributed by atoms with Crippen molar-refractivity contribution in [3.63, 3.8) is 0 Å². The smallest absolute Gasteiger partial charge is 0.417 e. The van der Waals surface area contributed by atoms with Gasteiger partial charge in [-0.05, 0) is 43.2 Å². The van der Waals surface area contributed by atoms with Crippen molar-refractivity contribution in [2.45, 2.75) is 19.5 Å². The van der Waals surface area contributed by atoms with Crippen molar-refractivity contribution in [2.75, 3.05) is 18.1 Å². The molecule has 0 fully saturated rings. The molecular formula is C18H15ClF3NO2. The lowest BCUT2D eigenvalue weighted by atomic mass is 9.97. The van der Waals surface area contributed by atoms with Crippen molar-refractivity contribution in [1.29, 1.82) is 0 Å². The average molecular weight is 370 g/mol. The molecule has 2 aromatic rings. The first-order valence-electron chi connectivity index (χ1n) is 7.76. The lowest BCUT2D eigenvalue weighted by Crippen LogP contribution is -2.38. The van der Waals surface area contributed by atoms with Crippen molar-refractivity contribution in [3.05, 3.63) is 58.1 Å². The highest BCUT2D eigenvalue weighted by Gasteiger charge is 2.35. The van der Waals surface area contributed by atoms with Crippen LogP contribution in [0.15, 0.2) is 36.4 Å². The molecular weight excluding hydrogens is 355 g/mol. The summed E-state index contributed by atoms with van der Waals surface area (Å²) in [6, 6.07) is 8.81. The number of nitrogens with zero attached hydrogens (tertiary/aromatic N) is 1. The highest BCUT2D eigenvalue weighted by Crippen LogP contribution is 2.38. The van der Waals surface area contributed by atoms with E-state index in [9.17, 15) is 18.0 Å². The van der Waals surface area contributed by atoms with Crippen LogP contribution >= 0.6 is 11.6 Å². The summed E-state index contributed by atoms with van der Waals surface area (Å²) >= 11 is 5.66. The van der Waals surface area contributed by atoms with E-state index in [1.54, 1.807) is 19.1 Å². The van der Waals surface area contributed by atoms with Crippen molar-refractivity contribution in [2.24, 2.45) is 0 Å². The molecule has 1 aliphatic heterocycles. The molecule has 3 rings (SSSR count). The Balaban J connectivity index is 2.03. The van der Waals surface area contributed by atoms with Crippen LogP contribution < -0.4 is 9.64 Å². The zero-order chi connectivity index (χ0) is 18.2. The van der Waals surface area contributed by atoms with E-state index in [4.69, 9.17) is 16.3 Å². The zero-order valence-corrected chi connectivity index (χ0v) is 14.1. The van der Waals surface area contributed by atoms with E-state index in [-0.39, 0.29) is 11.6 Å². The summed E-state index contributed by atoms with van der Waals surface area (Å²) in [5, 5.41) is -0.392. The van der Waals surface area contributed by atoms with Gasteiger partial charge in [-0.2, -0.15) is 13.2 Å². The standard InChI is InChI=1S/C18H15ClF3NO2/c1-2-25-15-5-3-4-11-8-9-23(17(24)16(11)15)12-6-7-14(19)13(10-12)18(20,21)22/h3-7,10H,2,8-9H2,1H3. The number of hydrogen-bond donors (Lipinski definition) is 0. The molecule has 1 heterocycles.